The SMILES string of the molecule is NC1CCC(N2CC3CC3C2)C1. The van der Waals surface area contributed by atoms with E-state index in [0.29, 0.717) is 6.04 Å². The van der Waals surface area contributed by atoms with Crippen LogP contribution >= 0.6 is 0 Å². The van der Waals surface area contributed by atoms with Crippen LogP contribution in [0.1, 0.15) is 25.7 Å². The summed E-state index contributed by atoms with van der Waals surface area (Å²) < 4.78 is 0. The summed E-state index contributed by atoms with van der Waals surface area (Å²) in [5, 5.41) is 0. The van der Waals surface area contributed by atoms with E-state index in [-0.39, 0.29) is 0 Å². The first-order chi connectivity index (χ1) is 5.83. The molecule has 4 unspecified atom stereocenters. The number of rotatable bonds is 1. The fraction of sp³-hybridized carbons (Fsp3) is 1.00. The molecule has 0 aromatic heterocycles. The van der Waals surface area contributed by atoms with Crippen LogP contribution in [0.4, 0.5) is 0 Å². The van der Waals surface area contributed by atoms with E-state index in [1.807, 2.05) is 0 Å². The number of nitrogens with two attached hydrogens (primary N) is 1. The van der Waals surface area contributed by atoms with Crippen molar-refractivity contribution in [1.29, 1.82) is 0 Å². The van der Waals surface area contributed by atoms with Crippen molar-refractivity contribution in [2.45, 2.75) is 37.8 Å². The smallest absolute Gasteiger partial charge is 0.0111 e. The molecule has 68 valence electrons. The number of hydrogen-bond donors (Lipinski definition) is 1. The van der Waals surface area contributed by atoms with Crippen molar-refractivity contribution in [3.63, 3.8) is 0 Å². The molecule has 0 radical (unpaired) electrons. The number of nitrogens with zero attached hydrogens (tertiary/aromatic N) is 1. The first kappa shape index (κ1) is 7.34. The molecule has 12 heavy (non-hydrogen) atoms. The largest absolute Gasteiger partial charge is 0.328 e. The molecule has 3 aliphatic rings. The Labute approximate surface area is 74.1 Å². The van der Waals surface area contributed by atoms with E-state index in [2.05, 4.69) is 4.90 Å². The van der Waals surface area contributed by atoms with E-state index in [9.17, 15) is 0 Å². The standard InChI is InChI=1S/C10H18N2/c11-9-1-2-10(4-9)12-5-7-3-8(7)6-12/h7-10H,1-6,11H2. The van der Waals surface area contributed by atoms with Crippen LogP contribution in [-0.2, 0) is 0 Å². The molecule has 0 aromatic rings. The molecule has 1 aliphatic heterocycles. The van der Waals surface area contributed by atoms with Gasteiger partial charge in [0.05, 0.1) is 0 Å². The maximum Gasteiger partial charge on any atom is 0.0111 e. The summed E-state index contributed by atoms with van der Waals surface area (Å²) in [6.45, 7) is 2.78. The zero-order valence-electron chi connectivity index (χ0n) is 7.58. The molecule has 1 saturated heterocycles. The molecule has 1 heterocycles. The zero-order chi connectivity index (χ0) is 8.13. The van der Waals surface area contributed by atoms with Gasteiger partial charge in [0, 0.05) is 25.2 Å². The van der Waals surface area contributed by atoms with E-state index >= 15 is 0 Å². The zero-order valence-corrected chi connectivity index (χ0v) is 7.58. The van der Waals surface area contributed by atoms with Gasteiger partial charge in [-0.3, -0.25) is 4.90 Å². The fourth-order valence-electron chi connectivity index (χ4n) is 3.06. The summed E-state index contributed by atoms with van der Waals surface area (Å²) in [5.41, 5.74) is 5.91. The molecule has 2 heteroatoms. The third-order valence-electron chi connectivity index (χ3n) is 3.97. The van der Waals surface area contributed by atoms with Gasteiger partial charge in [0.15, 0.2) is 0 Å². The van der Waals surface area contributed by atoms with Gasteiger partial charge in [-0.1, -0.05) is 0 Å². The minimum atomic E-state index is 0.506. The van der Waals surface area contributed by atoms with Gasteiger partial charge >= 0.3 is 0 Å². The van der Waals surface area contributed by atoms with Gasteiger partial charge in [0.25, 0.3) is 0 Å². The van der Waals surface area contributed by atoms with Gasteiger partial charge in [-0.05, 0) is 37.5 Å². The Morgan fingerprint density at radius 2 is 1.75 bits per heavy atom. The summed E-state index contributed by atoms with van der Waals surface area (Å²) in [6.07, 6.45) is 5.41. The van der Waals surface area contributed by atoms with Crippen molar-refractivity contribution in [3.05, 3.63) is 0 Å². The Balaban J connectivity index is 1.60. The Morgan fingerprint density at radius 1 is 1.00 bits per heavy atom. The molecule has 4 atom stereocenters. The lowest BCUT2D eigenvalue weighted by Crippen LogP contribution is -2.33. The molecule has 2 aliphatic carbocycles. The number of fused-ring (bicyclic) bond motifs is 1. The van der Waals surface area contributed by atoms with Crippen LogP contribution in [0.15, 0.2) is 0 Å². The first-order valence-electron chi connectivity index (χ1n) is 5.32. The molecule has 0 bridgehead atoms. The van der Waals surface area contributed by atoms with E-state index in [4.69, 9.17) is 5.73 Å². The highest BCUT2D eigenvalue weighted by Gasteiger charge is 2.47. The van der Waals surface area contributed by atoms with Gasteiger partial charge in [0.2, 0.25) is 0 Å². The van der Waals surface area contributed by atoms with Crippen LogP contribution in [0, 0.1) is 11.8 Å². The number of hydrogen-bond acceptors (Lipinski definition) is 2. The second kappa shape index (κ2) is 2.46. The van der Waals surface area contributed by atoms with Crippen LogP contribution in [-0.4, -0.2) is 30.1 Å². The normalized spacial score (nSPS) is 52.8. The van der Waals surface area contributed by atoms with E-state index < -0.39 is 0 Å². The molecule has 0 amide bonds. The van der Waals surface area contributed by atoms with Gasteiger partial charge < -0.3 is 5.73 Å². The van der Waals surface area contributed by atoms with Gasteiger partial charge in [0.1, 0.15) is 0 Å². The molecule has 0 aromatic carbocycles. The number of likely N-dealkylation sites (tertiary alicyclic amines) is 1. The summed E-state index contributed by atoms with van der Waals surface area (Å²) >= 11 is 0. The highest BCUT2D eigenvalue weighted by atomic mass is 15.2. The second-order valence-corrected chi connectivity index (χ2v) is 4.94. The van der Waals surface area contributed by atoms with Crippen molar-refractivity contribution >= 4 is 0 Å². The molecule has 2 N–H and O–H groups in total. The molecular formula is C10H18N2. The quantitative estimate of drug-likeness (QED) is 0.625. The Hall–Kier alpha value is -0.0800. The van der Waals surface area contributed by atoms with Crippen molar-refractivity contribution in [3.8, 4) is 0 Å². The van der Waals surface area contributed by atoms with Crippen LogP contribution in [0.5, 0.6) is 0 Å². The third kappa shape index (κ3) is 1.09. The monoisotopic (exact) mass is 166 g/mol. The molecule has 2 nitrogen and oxygen atoms in total. The van der Waals surface area contributed by atoms with Crippen molar-refractivity contribution < 1.29 is 0 Å². The topological polar surface area (TPSA) is 29.3 Å². The third-order valence-corrected chi connectivity index (χ3v) is 3.97. The number of piperidine rings is 1. The van der Waals surface area contributed by atoms with Crippen molar-refractivity contribution in [2.75, 3.05) is 13.1 Å². The minimum Gasteiger partial charge on any atom is -0.328 e. The minimum absolute atomic E-state index is 0.506. The predicted octanol–water partition coefficient (Wildman–Crippen LogP) is 0.818. The maximum absolute atomic E-state index is 5.91. The lowest BCUT2D eigenvalue weighted by molar-refractivity contribution is 0.221. The average Bonchev–Trinajstić information content (AvgIpc) is 2.49. The second-order valence-electron chi connectivity index (χ2n) is 4.94. The van der Waals surface area contributed by atoms with E-state index in [1.54, 1.807) is 0 Å². The first-order valence-corrected chi connectivity index (χ1v) is 5.32. The van der Waals surface area contributed by atoms with Crippen molar-refractivity contribution in [1.82, 2.24) is 4.90 Å². The van der Waals surface area contributed by atoms with E-state index in [0.717, 1.165) is 17.9 Å². The van der Waals surface area contributed by atoms with Crippen LogP contribution in [0.3, 0.4) is 0 Å². The summed E-state index contributed by atoms with van der Waals surface area (Å²) in [6, 6.07) is 1.36. The Bertz CT molecular complexity index is 177. The van der Waals surface area contributed by atoms with E-state index in [1.165, 1.54) is 38.8 Å². The molecule has 3 rings (SSSR count). The van der Waals surface area contributed by atoms with Gasteiger partial charge in [-0.2, -0.15) is 0 Å². The highest BCUT2D eigenvalue weighted by molar-refractivity contribution is 5.00. The highest BCUT2D eigenvalue weighted by Crippen LogP contribution is 2.46. The Morgan fingerprint density at radius 3 is 2.33 bits per heavy atom. The molecule has 2 saturated carbocycles. The lowest BCUT2D eigenvalue weighted by Gasteiger charge is -2.24. The van der Waals surface area contributed by atoms with Crippen LogP contribution < -0.4 is 5.73 Å². The van der Waals surface area contributed by atoms with Crippen LogP contribution in [0.2, 0.25) is 0 Å². The van der Waals surface area contributed by atoms with Gasteiger partial charge in [-0.25, -0.2) is 0 Å². The Kier molecular flexibility index (Phi) is 1.50. The molecule has 0 spiro atoms. The van der Waals surface area contributed by atoms with Crippen molar-refractivity contribution in [2.24, 2.45) is 17.6 Å². The summed E-state index contributed by atoms with van der Waals surface area (Å²) in [7, 11) is 0. The fourth-order valence-corrected chi connectivity index (χ4v) is 3.06. The lowest BCUT2D eigenvalue weighted by atomic mass is 10.2. The summed E-state index contributed by atoms with van der Waals surface area (Å²) in [5.74, 6) is 2.17. The maximum atomic E-state index is 5.91. The van der Waals surface area contributed by atoms with Gasteiger partial charge in [-0.15, -0.1) is 0 Å². The van der Waals surface area contributed by atoms with Crippen LogP contribution in [0.25, 0.3) is 0 Å². The predicted molar refractivity (Wildman–Crippen MR) is 48.8 cm³/mol. The molecular weight excluding hydrogens is 148 g/mol. The molecule has 3 fully saturated rings. The average molecular weight is 166 g/mol. The summed E-state index contributed by atoms with van der Waals surface area (Å²) in [4.78, 5) is 2.70.